The number of carbonyl (C=O) groups is 2. The number of aromatic nitrogens is 4. The predicted octanol–water partition coefficient (Wildman–Crippen LogP) is 4.13. The Balaban J connectivity index is 1.69. The van der Waals surface area contributed by atoms with Crippen molar-refractivity contribution in [2.45, 2.75) is 44.6 Å². The molecule has 0 saturated heterocycles. The summed E-state index contributed by atoms with van der Waals surface area (Å²) in [4.78, 5) is 35.2. The topological polar surface area (TPSA) is 69.8 Å². The number of carbonyl (C=O) groups excluding carboxylic acids is 2. The molecule has 0 radical (unpaired) electrons. The van der Waals surface area contributed by atoms with E-state index in [1.54, 1.807) is 12.4 Å². The lowest BCUT2D eigenvalue weighted by molar-refractivity contribution is -0.122. The highest BCUT2D eigenvalue weighted by Crippen LogP contribution is 2.46. The zero-order chi connectivity index (χ0) is 20.8. The normalized spacial score (nSPS) is 19.4. The second kappa shape index (κ2) is 7.20. The standard InChI is InChI=1S/C24H24N4O2/c1-3-4-11-28-14-18(16-8-6-10-26-24(16)28)22-20(30)12-19(29)21(22)17-13-27(2)23-15(17)7-5-9-25-23/h5-10,13-14,21-22H,3-4,11-12H2,1-2H3. The first-order valence-corrected chi connectivity index (χ1v) is 10.5. The van der Waals surface area contributed by atoms with Crippen LogP contribution in [-0.4, -0.2) is 30.7 Å². The van der Waals surface area contributed by atoms with Crippen molar-refractivity contribution in [2.75, 3.05) is 0 Å². The van der Waals surface area contributed by atoms with E-state index in [4.69, 9.17) is 0 Å². The number of hydrogen-bond donors (Lipinski definition) is 0. The molecule has 1 aliphatic rings. The average Bonchev–Trinajstić information content (AvgIpc) is 3.37. The molecule has 1 saturated carbocycles. The van der Waals surface area contributed by atoms with Crippen LogP contribution in [0, 0.1) is 0 Å². The SMILES string of the molecule is CCCCn1cc(C2C(=O)CC(=O)C2c2cn(C)c3ncccc23)c2cccnc21. The van der Waals surface area contributed by atoms with Crippen LogP contribution in [0.1, 0.15) is 49.1 Å². The number of nitrogens with zero attached hydrogens (tertiary/aromatic N) is 4. The molecule has 5 rings (SSSR count). The molecule has 152 valence electrons. The fraction of sp³-hybridized carbons (Fsp3) is 0.333. The van der Waals surface area contributed by atoms with E-state index in [0.29, 0.717) is 0 Å². The molecule has 0 aliphatic heterocycles. The van der Waals surface area contributed by atoms with Crippen molar-refractivity contribution in [3.63, 3.8) is 0 Å². The van der Waals surface area contributed by atoms with Crippen LogP contribution in [0.25, 0.3) is 22.1 Å². The van der Waals surface area contributed by atoms with Gasteiger partial charge in [-0.2, -0.15) is 0 Å². The molecule has 1 fully saturated rings. The maximum atomic E-state index is 13.1. The first-order valence-electron chi connectivity index (χ1n) is 10.5. The van der Waals surface area contributed by atoms with E-state index in [1.807, 2.05) is 48.3 Å². The Kier molecular flexibility index (Phi) is 4.50. The summed E-state index contributed by atoms with van der Waals surface area (Å²) >= 11 is 0. The van der Waals surface area contributed by atoms with E-state index in [1.165, 1.54) is 0 Å². The Morgan fingerprint density at radius 3 is 2.20 bits per heavy atom. The van der Waals surface area contributed by atoms with Crippen LogP contribution >= 0.6 is 0 Å². The van der Waals surface area contributed by atoms with Gasteiger partial charge in [-0.15, -0.1) is 0 Å². The first-order chi connectivity index (χ1) is 14.6. The number of rotatable bonds is 5. The maximum Gasteiger partial charge on any atom is 0.148 e. The molecule has 0 amide bonds. The highest BCUT2D eigenvalue weighted by Gasteiger charge is 2.45. The Morgan fingerprint density at radius 2 is 1.53 bits per heavy atom. The molecule has 0 N–H and O–H groups in total. The zero-order valence-electron chi connectivity index (χ0n) is 17.2. The summed E-state index contributed by atoms with van der Waals surface area (Å²) in [6.45, 7) is 3.01. The van der Waals surface area contributed by atoms with E-state index in [9.17, 15) is 9.59 Å². The van der Waals surface area contributed by atoms with Crippen molar-refractivity contribution in [3.05, 3.63) is 60.2 Å². The lowest BCUT2D eigenvalue weighted by atomic mass is 9.83. The molecule has 0 bridgehead atoms. The van der Waals surface area contributed by atoms with Crippen molar-refractivity contribution in [1.82, 2.24) is 19.1 Å². The van der Waals surface area contributed by atoms with Gasteiger partial charge >= 0.3 is 0 Å². The van der Waals surface area contributed by atoms with Gasteiger partial charge in [0.1, 0.15) is 22.9 Å². The fourth-order valence-corrected chi connectivity index (χ4v) is 4.86. The number of fused-ring (bicyclic) bond motifs is 2. The van der Waals surface area contributed by atoms with Gasteiger partial charge < -0.3 is 9.13 Å². The van der Waals surface area contributed by atoms with Crippen LogP contribution in [-0.2, 0) is 23.2 Å². The van der Waals surface area contributed by atoms with Gasteiger partial charge in [-0.3, -0.25) is 9.59 Å². The molecule has 4 heterocycles. The van der Waals surface area contributed by atoms with Gasteiger partial charge in [-0.25, -0.2) is 9.97 Å². The minimum atomic E-state index is -0.490. The van der Waals surface area contributed by atoms with Crippen molar-refractivity contribution < 1.29 is 9.59 Å². The van der Waals surface area contributed by atoms with E-state index < -0.39 is 11.8 Å². The quantitative estimate of drug-likeness (QED) is 0.472. The van der Waals surface area contributed by atoms with E-state index in [0.717, 1.165) is 52.6 Å². The summed E-state index contributed by atoms with van der Waals surface area (Å²) in [7, 11) is 1.93. The summed E-state index contributed by atoms with van der Waals surface area (Å²) in [5.41, 5.74) is 3.51. The molecule has 2 unspecified atom stereocenters. The monoisotopic (exact) mass is 400 g/mol. The Hall–Kier alpha value is -3.28. The second-order valence-electron chi connectivity index (χ2n) is 8.14. The number of pyridine rings is 2. The lowest BCUT2D eigenvalue weighted by Crippen LogP contribution is -2.14. The average molecular weight is 400 g/mol. The molecule has 6 nitrogen and oxygen atoms in total. The highest BCUT2D eigenvalue weighted by molar-refractivity contribution is 6.15. The molecule has 6 heteroatoms. The summed E-state index contributed by atoms with van der Waals surface area (Å²) in [6.07, 6.45) is 9.63. The van der Waals surface area contributed by atoms with Crippen LogP contribution < -0.4 is 0 Å². The Labute approximate surface area is 174 Å². The number of Topliss-reactive ketones (excluding diaryl/α,β-unsaturated/α-hetero) is 2. The highest BCUT2D eigenvalue weighted by atomic mass is 16.2. The molecule has 4 aromatic heterocycles. The molecule has 2 atom stereocenters. The third-order valence-corrected chi connectivity index (χ3v) is 6.23. The van der Waals surface area contributed by atoms with Gasteiger partial charge in [0.2, 0.25) is 0 Å². The van der Waals surface area contributed by atoms with Crippen molar-refractivity contribution in [1.29, 1.82) is 0 Å². The van der Waals surface area contributed by atoms with Gasteiger partial charge in [0, 0.05) is 49.2 Å². The predicted molar refractivity (Wildman–Crippen MR) is 115 cm³/mol. The van der Waals surface area contributed by atoms with Gasteiger partial charge in [0.15, 0.2) is 0 Å². The van der Waals surface area contributed by atoms with Crippen molar-refractivity contribution >= 4 is 33.6 Å². The summed E-state index contributed by atoms with van der Waals surface area (Å²) in [5, 5.41) is 1.90. The molecule has 30 heavy (non-hydrogen) atoms. The van der Waals surface area contributed by atoms with Crippen LogP contribution in [0.15, 0.2) is 49.1 Å². The van der Waals surface area contributed by atoms with Gasteiger partial charge in [-0.1, -0.05) is 13.3 Å². The lowest BCUT2D eigenvalue weighted by Gasteiger charge is -2.16. The third kappa shape index (κ3) is 2.78. The number of aryl methyl sites for hydroxylation is 2. The van der Waals surface area contributed by atoms with E-state index in [2.05, 4.69) is 21.5 Å². The molecule has 4 aromatic rings. The van der Waals surface area contributed by atoms with Crippen LogP contribution in [0.3, 0.4) is 0 Å². The van der Waals surface area contributed by atoms with Gasteiger partial charge in [0.05, 0.1) is 18.3 Å². The number of unbranched alkanes of at least 4 members (excludes halogenated alkanes) is 1. The van der Waals surface area contributed by atoms with Crippen molar-refractivity contribution in [2.24, 2.45) is 7.05 Å². The largest absolute Gasteiger partial charge is 0.335 e. The van der Waals surface area contributed by atoms with Crippen LogP contribution in [0.4, 0.5) is 0 Å². The molecule has 1 aliphatic carbocycles. The zero-order valence-corrected chi connectivity index (χ0v) is 17.2. The van der Waals surface area contributed by atoms with E-state index >= 15 is 0 Å². The minimum Gasteiger partial charge on any atom is -0.335 e. The second-order valence-corrected chi connectivity index (χ2v) is 8.14. The third-order valence-electron chi connectivity index (χ3n) is 6.23. The fourth-order valence-electron chi connectivity index (χ4n) is 4.86. The summed E-state index contributed by atoms with van der Waals surface area (Å²) in [5.74, 6) is -1.00. The number of hydrogen-bond acceptors (Lipinski definition) is 4. The Morgan fingerprint density at radius 1 is 0.933 bits per heavy atom. The molecule has 0 aromatic carbocycles. The van der Waals surface area contributed by atoms with Crippen LogP contribution in [0.2, 0.25) is 0 Å². The number of ketones is 2. The maximum absolute atomic E-state index is 13.1. The summed E-state index contributed by atoms with van der Waals surface area (Å²) in [6, 6.07) is 7.77. The molecular weight excluding hydrogens is 376 g/mol. The van der Waals surface area contributed by atoms with Crippen molar-refractivity contribution in [3.8, 4) is 0 Å². The first kappa shape index (κ1) is 18.7. The molecule has 0 spiro atoms. The molecular formula is C24H24N4O2. The van der Waals surface area contributed by atoms with Crippen LogP contribution in [0.5, 0.6) is 0 Å². The van der Waals surface area contributed by atoms with Gasteiger partial charge in [0.25, 0.3) is 0 Å². The summed E-state index contributed by atoms with van der Waals surface area (Å²) < 4.78 is 4.07. The van der Waals surface area contributed by atoms with E-state index in [-0.39, 0.29) is 18.0 Å². The minimum absolute atomic E-state index is 0.00992. The Bertz CT molecular complexity index is 1280. The van der Waals surface area contributed by atoms with Gasteiger partial charge in [-0.05, 0) is 41.8 Å². The smallest absolute Gasteiger partial charge is 0.148 e.